The van der Waals surface area contributed by atoms with Gasteiger partial charge in [-0.1, -0.05) is 140 Å². The molecule has 0 aliphatic heterocycles. The third-order valence-corrected chi connectivity index (χ3v) is 10.2. The number of hydrogen-bond donors (Lipinski definition) is 0. The van der Waals surface area contributed by atoms with Crippen LogP contribution in [0.3, 0.4) is 0 Å². The number of furan rings is 2. The average molecular weight is 668 g/mol. The van der Waals surface area contributed by atoms with Gasteiger partial charge in [-0.3, -0.25) is 0 Å². The number of nitrogens with zero attached hydrogens (tertiary/aromatic N) is 1. The maximum atomic E-state index is 6.47. The maximum absolute atomic E-state index is 6.47. The molecule has 2 aromatic heterocycles. The number of benzene rings is 7. The van der Waals surface area contributed by atoms with Crippen molar-refractivity contribution in [2.45, 2.75) is 6.42 Å². The van der Waals surface area contributed by atoms with Crippen LogP contribution in [0.25, 0.3) is 72.4 Å². The van der Waals surface area contributed by atoms with E-state index in [1.807, 2.05) is 12.1 Å². The van der Waals surface area contributed by atoms with Crippen LogP contribution in [-0.2, 0) is 6.42 Å². The van der Waals surface area contributed by atoms with Crippen LogP contribution in [0.15, 0.2) is 191 Å². The van der Waals surface area contributed by atoms with Crippen LogP contribution in [0.2, 0.25) is 0 Å². The lowest BCUT2D eigenvalue weighted by Gasteiger charge is -2.26. The highest BCUT2D eigenvalue weighted by Crippen LogP contribution is 2.41. The van der Waals surface area contributed by atoms with Gasteiger partial charge in [0.2, 0.25) is 0 Å². The van der Waals surface area contributed by atoms with E-state index in [0.29, 0.717) is 0 Å². The minimum Gasteiger partial charge on any atom is -0.456 e. The van der Waals surface area contributed by atoms with E-state index in [1.165, 1.54) is 22.1 Å². The molecule has 10 rings (SSSR count). The molecule has 1 aliphatic carbocycles. The molecule has 52 heavy (non-hydrogen) atoms. The largest absolute Gasteiger partial charge is 0.456 e. The summed E-state index contributed by atoms with van der Waals surface area (Å²) in [4.78, 5) is 2.32. The molecule has 9 aromatic rings. The first kappa shape index (κ1) is 30.0. The molecule has 246 valence electrons. The summed E-state index contributed by atoms with van der Waals surface area (Å²) in [6, 6.07) is 58.0. The lowest BCUT2D eigenvalue weighted by atomic mass is 10.00. The molecule has 0 N–H and O–H groups in total. The van der Waals surface area contributed by atoms with E-state index < -0.39 is 0 Å². The minimum atomic E-state index is 0.863. The van der Waals surface area contributed by atoms with Crippen LogP contribution in [0.1, 0.15) is 11.3 Å². The van der Waals surface area contributed by atoms with Crippen molar-refractivity contribution in [3.63, 3.8) is 0 Å². The summed E-state index contributed by atoms with van der Waals surface area (Å²) in [5, 5.41) is 3.44. The zero-order chi connectivity index (χ0) is 34.4. The monoisotopic (exact) mass is 667 g/mol. The van der Waals surface area contributed by atoms with E-state index in [9.17, 15) is 0 Å². The number of fused-ring (bicyclic) bond motifs is 6. The lowest BCUT2D eigenvalue weighted by Crippen LogP contribution is -2.09. The first-order chi connectivity index (χ1) is 25.8. The third-order valence-electron chi connectivity index (χ3n) is 10.2. The summed E-state index contributed by atoms with van der Waals surface area (Å²) < 4.78 is 12.8. The van der Waals surface area contributed by atoms with Crippen molar-refractivity contribution in [3.05, 3.63) is 193 Å². The molecule has 3 nitrogen and oxygen atoms in total. The highest BCUT2D eigenvalue weighted by atomic mass is 16.3. The van der Waals surface area contributed by atoms with Crippen LogP contribution in [0, 0.1) is 0 Å². The van der Waals surface area contributed by atoms with Gasteiger partial charge in [-0.25, -0.2) is 0 Å². The predicted molar refractivity (Wildman–Crippen MR) is 216 cm³/mol. The van der Waals surface area contributed by atoms with Crippen LogP contribution in [0.4, 0.5) is 17.1 Å². The molecule has 0 fully saturated rings. The smallest absolute Gasteiger partial charge is 0.143 e. The van der Waals surface area contributed by atoms with Crippen molar-refractivity contribution in [2.24, 2.45) is 0 Å². The molecule has 0 radical (unpaired) electrons. The van der Waals surface area contributed by atoms with Gasteiger partial charge in [0.1, 0.15) is 22.5 Å². The van der Waals surface area contributed by atoms with E-state index in [4.69, 9.17) is 8.83 Å². The van der Waals surface area contributed by atoms with Gasteiger partial charge >= 0.3 is 0 Å². The molecule has 0 spiro atoms. The zero-order valence-corrected chi connectivity index (χ0v) is 28.4. The quantitative estimate of drug-likeness (QED) is 0.177. The summed E-state index contributed by atoms with van der Waals surface area (Å²) in [6.45, 7) is 0. The summed E-state index contributed by atoms with van der Waals surface area (Å²) in [7, 11) is 0. The standard InChI is InChI=1S/C49H33NO2/c1-3-11-33(12-4-1)34-21-27-37(28-22-34)50(39-31-25-36(26-32-39)41-16-10-18-45-43-14-7-8-20-47(43)52-49(41)45)38-29-23-35(24-30-38)40-15-9-17-44-42-13-5-2-6-19-46(42)51-48(40)44/h1-12,14-32H,13H2. The van der Waals surface area contributed by atoms with E-state index in [1.54, 1.807) is 0 Å². The first-order valence-corrected chi connectivity index (χ1v) is 17.7. The fraction of sp³-hybridized carbons (Fsp3) is 0.0204. The van der Waals surface area contributed by atoms with Crippen molar-refractivity contribution in [2.75, 3.05) is 4.90 Å². The van der Waals surface area contributed by atoms with Gasteiger partial charge in [0.15, 0.2) is 0 Å². The third kappa shape index (κ3) is 5.14. The van der Waals surface area contributed by atoms with Crippen molar-refractivity contribution < 1.29 is 8.83 Å². The topological polar surface area (TPSA) is 29.5 Å². The minimum absolute atomic E-state index is 0.863. The van der Waals surface area contributed by atoms with E-state index in [0.717, 1.165) is 79.0 Å². The summed E-state index contributed by atoms with van der Waals surface area (Å²) in [5.74, 6) is 0.939. The van der Waals surface area contributed by atoms with Crippen molar-refractivity contribution in [1.29, 1.82) is 0 Å². The fourth-order valence-electron chi connectivity index (χ4n) is 7.60. The summed E-state index contributed by atoms with van der Waals surface area (Å²) >= 11 is 0. The number of rotatable bonds is 6. The highest BCUT2D eigenvalue weighted by molar-refractivity contribution is 6.09. The second-order valence-corrected chi connectivity index (χ2v) is 13.2. The van der Waals surface area contributed by atoms with E-state index >= 15 is 0 Å². The molecule has 1 aliphatic rings. The Morgan fingerprint density at radius 2 is 0.942 bits per heavy atom. The predicted octanol–water partition coefficient (Wildman–Crippen LogP) is 13.9. The summed E-state index contributed by atoms with van der Waals surface area (Å²) in [6.07, 6.45) is 9.25. The molecular weight excluding hydrogens is 635 g/mol. The Kier molecular flexibility index (Phi) is 7.21. The molecule has 7 aromatic carbocycles. The Bertz CT molecular complexity index is 2780. The van der Waals surface area contributed by atoms with Crippen LogP contribution < -0.4 is 4.90 Å². The molecule has 0 amide bonds. The second-order valence-electron chi connectivity index (χ2n) is 13.2. The lowest BCUT2D eigenvalue weighted by molar-refractivity contribution is 0.601. The molecule has 3 heteroatoms. The van der Waals surface area contributed by atoms with Gasteiger partial charge in [-0.05, 0) is 77.2 Å². The van der Waals surface area contributed by atoms with Gasteiger partial charge in [0.05, 0.1) is 0 Å². The SMILES string of the molecule is C1=CCc2c(oc3c(-c4ccc(N(c5ccc(-c6ccccc6)cc5)c5ccc(-c6cccc7c6oc6ccccc67)cc5)cc4)cccc23)C=C1. The van der Waals surface area contributed by atoms with Crippen LogP contribution in [0.5, 0.6) is 0 Å². The van der Waals surface area contributed by atoms with Gasteiger partial charge in [0, 0.05) is 49.9 Å². The number of hydrogen-bond acceptors (Lipinski definition) is 3. The Labute approximate surface area is 302 Å². The second kappa shape index (κ2) is 12.5. The van der Waals surface area contributed by atoms with Gasteiger partial charge in [-0.15, -0.1) is 0 Å². The average Bonchev–Trinajstić information content (AvgIpc) is 3.68. The maximum Gasteiger partial charge on any atom is 0.143 e. The normalized spacial score (nSPS) is 12.4. The number of anilines is 3. The zero-order valence-electron chi connectivity index (χ0n) is 28.4. The Morgan fingerprint density at radius 3 is 1.62 bits per heavy atom. The molecule has 0 bridgehead atoms. The van der Waals surface area contributed by atoms with Gasteiger partial charge in [0.25, 0.3) is 0 Å². The first-order valence-electron chi connectivity index (χ1n) is 17.7. The van der Waals surface area contributed by atoms with E-state index in [2.05, 4.69) is 181 Å². The highest BCUT2D eigenvalue weighted by Gasteiger charge is 2.18. The molecule has 0 atom stereocenters. The number of allylic oxidation sites excluding steroid dienone is 3. The molecule has 2 heterocycles. The van der Waals surface area contributed by atoms with Crippen molar-refractivity contribution in [3.8, 4) is 33.4 Å². The van der Waals surface area contributed by atoms with Crippen molar-refractivity contribution in [1.82, 2.24) is 0 Å². The Morgan fingerprint density at radius 1 is 0.404 bits per heavy atom. The van der Waals surface area contributed by atoms with Gasteiger partial charge in [-0.2, -0.15) is 0 Å². The summed E-state index contributed by atoms with van der Waals surface area (Å²) in [5.41, 5.74) is 14.0. The molecule has 0 unspecified atom stereocenters. The molecule has 0 saturated carbocycles. The number of para-hydroxylation sites is 3. The Hall–Kier alpha value is -6.84. The van der Waals surface area contributed by atoms with Gasteiger partial charge < -0.3 is 13.7 Å². The van der Waals surface area contributed by atoms with Crippen LogP contribution in [-0.4, -0.2) is 0 Å². The van der Waals surface area contributed by atoms with Crippen LogP contribution >= 0.6 is 0 Å². The fourth-order valence-corrected chi connectivity index (χ4v) is 7.60. The van der Waals surface area contributed by atoms with Crippen molar-refractivity contribution >= 4 is 56.0 Å². The molecule has 0 saturated heterocycles. The van der Waals surface area contributed by atoms with E-state index in [-0.39, 0.29) is 0 Å². The molecular formula is C49H33NO2. The Balaban J connectivity index is 1.05.